The Kier molecular flexibility index (Phi) is 6.24. The van der Waals surface area contributed by atoms with Crippen molar-refractivity contribution in [3.8, 4) is 0 Å². The zero-order valence-corrected chi connectivity index (χ0v) is 15.2. The van der Waals surface area contributed by atoms with Gasteiger partial charge in [-0.15, -0.1) is 0 Å². The molecule has 0 unspecified atom stereocenters. The first-order valence-electron chi connectivity index (χ1n) is 8.70. The number of aliphatic hydroxyl groups excluding tert-OH is 1. The Morgan fingerprint density at radius 3 is 2.42 bits per heavy atom. The molecule has 1 aromatic carbocycles. The first kappa shape index (κ1) is 18.7. The van der Waals surface area contributed by atoms with Crippen LogP contribution in [0.15, 0.2) is 24.3 Å². The molecule has 1 aliphatic heterocycles. The van der Waals surface area contributed by atoms with Crippen LogP contribution in [0.25, 0.3) is 0 Å². The lowest BCUT2D eigenvalue weighted by atomic mass is 10.0. The lowest BCUT2D eigenvalue weighted by Crippen LogP contribution is -2.47. The van der Waals surface area contributed by atoms with E-state index in [1.54, 1.807) is 4.90 Å². The third-order valence-electron chi connectivity index (χ3n) is 4.21. The highest BCUT2D eigenvalue weighted by molar-refractivity contribution is 5.68. The number of hydrogen-bond acceptors (Lipinski definition) is 4. The number of ether oxygens (including phenoxy) is 1. The van der Waals surface area contributed by atoms with Crippen LogP contribution in [0.2, 0.25) is 0 Å². The lowest BCUT2D eigenvalue weighted by Gasteiger charge is -2.34. The number of carbonyl (C=O) groups excluding carboxylic acids is 1. The number of nitrogens with zero attached hydrogens (tertiary/aromatic N) is 1. The first-order valence-corrected chi connectivity index (χ1v) is 8.70. The largest absolute Gasteiger partial charge is 0.444 e. The van der Waals surface area contributed by atoms with Crippen molar-refractivity contribution in [1.82, 2.24) is 10.2 Å². The van der Waals surface area contributed by atoms with E-state index in [4.69, 9.17) is 4.74 Å². The Morgan fingerprint density at radius 1 is 1.29 bits per heavy atom. The minimum atomic E-state index is -0.505. The van der Waals surface area contributed by atoms with Gasteiger partial charge in [-0.25, -0.2) is 4.79 Å². The monoisotopic (exact) mass is 334 g/mol. The van der Waals surface area contributed by atoms with Gasteiger partial charge < -0.3 is 20.1 Å². The van der Waals surface area contributed by atoms with Gasteiger partial charge in [0, 0.05) is 25.7 Å². The number of amides is 1. The lowest BCUT2D eigenvalue weighted by molar-refractivity contribution is 0.0194. The van der Waals surface area contributed by atoms with E-state index in [0.717, 1.165) is 18.4 Å². The van der Waals surface area contributed by atoms with Crippen molar-refractivity contribution in [2.45, 2.75) is 58.3 Å². The molecule has 2 N–H and O–H groups in total. The summed E-state index contributed by atoms with van der Waals surface area (Å²) < 4.78 is 5.40. The molecule has 1 heterocycles. The number of aliphatic hydroxyl groups is 1. The molecule has 5 heteroatoms. The summed E-state index contributed by atoms with van der Waals surface area (Å²) in [6.45, 7) is 9.58. The molecule has 1 aromatic rings. The van der Waals surface area contributed by atoms with Gasteiger partial charge in [-0.05, 0) is 46.1 Å². The van der Waals surface area contributed by atoms with Crippen LogP contribution in [0.5, 0.6) is 0 Å². The molecule has 5 nitrogen and oxygen atoms in total. The smallest absolute Gasteiger partial charge is 0.410 e. The number of aryl methyl sites for hydroxylation is 1. The van der Waals surface area contributed by atoms with Gasteiger partial charge in [-0.1, -0.05) is 29.8 Å². The van der Waals surface area contributed by atoms with Gasteiger partial charge >= 0.3 is 6.09 Å². The molecule has 0 spiro atoms. The molecule has 0 bridgehead atoms. The van der Waals surface area contributed by atoms with Crippen molar-refractivity contribution in [3.63, 3.8) is 0 Å². The van der Waals surface area contributed by atoms with Crippen molar-refractivity contribution in [1.29, 1.82) is 0 Å². The van der Waals surface area contributed by atoms with Crippen LogP contribution >= 0.6 is 0 Å². The number of rotatable bonds is 4. The summed E-state index contributed by atoms with van der Waals surface area (Å²) in [6, 6.07) is 8.28. The molecule has 0 saturated carbocycles. The van der Waals surface area contributed by atoms with Crippen molar-refractivity contribution in [2.75, 3.05) is 19.6 Å². The molecule has 1 fully saturated rings. The Morgan fingerprint density at radius 2 is 1.88 bits per heavy atom. The fourth-order valence-electron chi connectivity index (χ4n) is 2.78. The molecule has 24 heavy (non-hydrogen) atoms. The van der Waals surface area contributed by atoms with E-state index in [-0.39, 0.29) is 6.09 Å². The molecule has 1 aliphatic rings. The molecular formula is C19H30N2O3. The van der Waals surface area contributed by atoms with Crippen molar-refractivity contribution in [3.05, 3.63) is 35.4 Å². The average molecular weight is 334 g/mol. The number of benzene rings is 1. The van der Waals surface area contributed by atoms with Crippen LogP contribution in [0.4, 0.5) is 4.79 Å². The van der Waals surface area contributed by atoms with Crippen LogP contribution in [-0.2, 0) is 4.74 Å². The summed E-state index contributed by atoms with van der Waals surface area (Å²) in [6.07, 6.45) is 1.01. The predicted octanol–water partition coefficient (Wildman–Crippen LogP) is 3.02. The zero-order valence-electron chi connectivity index (χ0n) is 15.2. The normalized spacial score (nSPS) is 17.6. The van der Waals surface area contributed by atoms with Crippen LogP contribution < -0.4 is 5.32 Å². The van der Waals surface area contributed by atoms with Crippen LogP contribution in [0.3, 0.4) is 0 Å². The third kappa shape index (κ3) is 5.80. The molecule has 0 aliphatic carbocycles. The summed E-state index contributed by atoms with van der Waals surface area (Å²) in [5, 5.41) is 13.7. The summed E-state index contributed by atoms with van der Waals surface area (Å²) in [5.41, 5.74) is 1.66. The molecule has 0 aromatic heterocycles. The number of nitrogens with one attached hydrogen (secondary N) is 1. The van der Waals surface area contributed by atoms with Gasteiger partial charge in [0.2, 0.25) is 0 Å². The van der Waals surface area contributed by atoms with E-state index >= 15 is 0 Å². The van der Waals surface area contributed by atoms with E-state index in [9.17, 15) is 9.90 Å². The summed E-state index contributed by atoms with van der Waals surface area (Å²) in [5.74, 6) is 0. The molecule has 2 rings (SSSR count). The highest BCUT2D eigenvalue weighted by Gasteiger charge is 2.26. The molecule has 1 atom stereocenters. The number of likely N-dealkylation sites (tertiary alicyclic amines) is 1. The number of piperidine rings is 1. The van der Waals surface area contributed by atoms with Gasteiger partial charge in [-0.2, -0.15) is 0 Å². The molecular weight excluding hydrogens is 304 g/mol. The van der Waals surface area contributed by atoms with Crippen LogP contribution in [-0.4, -0.2) is 47.4 Å². The fraction of sp³-hybridized carbons (Fsp3) is 0.632. The maximum absolute atomic E-state index is 12.0. The van der Waals surface area contributed by atoms with E-state index < -0.39 is 11.7 Å². The summed E-state index contributed by atoms with van der Waals surface area (Å²) in [4.78, 5) is 13.8. The predicted molar refractivity (Wildman–Crippen MR) is 95.0 cm³/mol. The van der Waals surface area contributed by atoms with E-state index in [1.165, 1.54) is 5.56 Å². The molecule has 1 amide bonds. The second-order valence-corrected chi connectivity index (χ2v) is 7.58. The van der Waals surface area contributed by atoms with E-state index in [1.807, 2.05) is 52.0 Å². The maximum atomic E-state index is 12.0. The Bertz CT molecular complexity index is 529. The SMILES string of the molecule is Cc1ccc([C@@H](O)CNC2CCN(C(=O)OC(C)(C)C)CC2)cc1. The van der Waals surface area contributed by atoms with Gasteiger partial charge in [-0.3, -0.25) is 0 Å². The highest BCUT2D eigenvalue weighted by atomic mass is 16.6. The van der Waals surface area contributed by atoms with Gasteiger partial charge in [0.15, 0.2) is 0 Å². The topological polar surface area (TPSA) is 61.8 Å². The van der Waals surface area contributed by atoms with Crippen molar-refractivity contribution < 1.29 is 14.6 Å². The van der Waals surface area contributed by atoms with Gasteiger partial charge in [0.25, 0.3) is 0 Å². The van der Waals surface area contributed by atoms with Gasteiger partial charge in [0.1, 0.15) is 5.60 Å². The van der Waals surface area contributed by atoms with E-state index in [2.05, 4.69) is 5.32 Å². The number of hydrogen-bond donors (Lipinski definition) is 2. The highest BCUT2D eigenvalue weighted by Crippen LogP contribution is 2.17. The Hall–Kier alpha value is -1.59. The Labute approximate surface area is 145 Å². The first-order chi connectivity index (χ1) is 11.2. The quantitative estimate of drug-likeness (QED) is 0.888. The summed E-state index contributed by atoms with van der Waals surface area (Å²) >= 11 is 0. The Balaban J connectivity index is 1.73. The fourth-order valence-corrected chi connectivity index (χ4v) is 2.78. The molecule has 134 valence electrons. The zero-order chi connectivity index (χ0) is 17.7. The second-order valence-electron chi connectivity index (χ2n) is 7.58. The van der Waals surface area contributed by atoms with E-state index in [0.29, 0.717) is 25.7 Å². The molecule has 0 radical (unpaired) electrons. The van der Waals surface area contributed by atoms with Gasteiger partial charge in [0.05, 0.1) is 6.10 Å². The summed E-state index contributed by atoms with van der Waals surface area (Å²) in [7, 11) is 0. The second kappa shape index (κ2) is 7.99. The third-order valence-corrected chi connectivity index (χ3v) is 4.21. The standard InChI is InChI=1S/C19H30N2O3/c1-14-5-7-15(8-6-14)17(22)13-20-16-9-11-21(12-10-16)18(23)24-19(2,3)4/h5-8,16-17,20,22H,9-13H2,1-4H3/t17-/m0/s1. The average Bonchev–Trinajstić information content (AvgIpc) is 2.52. The minimum Gasteiger partial charge on any atom is -0.444 e. The minimum absolute atomic E-state index is 0.236. The van der Waals surface area contributed by atoms with Crippen molar-refractivity contribution >= 4 is 6.09 Å². The van der Waals surface area contributed by atoms with Crippen LogP contribution in [0, 0.1) is 6.92 Å². The molecule has 1 saturated heterocycles. The maximum Gasteiger partial charge on any atom is 0.410 e. The van der Waals surface area contributed by atoms with Crippen LogP contribution in [0.1, 0.15) is 50.8 Å². The number of carbonyl (C=O) groups is 1. The van der Waals surface area contributed by atoms with Crippen molar-refractivity contribution in [2.24, 2.45) is 0 Å².